The lowest BCUT2D eigenvalue weighted by atomic mass is 9.91. The fourth-order valence-corrected chi connectivity index (χ4v) is 2.62. The summed E-state index contributed by atoms with van der Waals surface area (Å²) in [6, 6.07) is 11.0. The van der Waals surface area contributed by atoms with Crippen molar-refractivity contribution in [3.63, 3.8) is 0 Å². The van der Waals surface area contributed by atoms with Crippen LogP contribution in [0.1, 0.15) is 50.3 Å². The molecule has 2 rings (SSSR count). The van der Waals surface area contributed by atoms with Gasteiger partial charge in [0, 0.05) is 18.9 Å². The van der Waals surface area contributed by atoms with Crippen molar-refractivity contribution in [3.8, 4) is 0 Å². The lowest BCUT2D eigenvalue weighted by Gasteiger charge is -2.23. The molecule has 5 nitrogen and oxygen atoms in total. The zero-order valence-corrected chi connectivity index (χ0v) is 14.7. The number of nitrogens with zero attached hydrogens (tertiary/aromatic N) is 1. The molecule has 0 aliphatic rings. The number of carbonyl (C=O) groups excluding carboxylic acids is 1. The lowest BCUT2D eigenvalue weighted by molar-refractivity contribution is -0.123. The first kappa shape index (κ1) is 17.9. The first-order valence-electron chi connectivity index (χ1n) is 8.14. The van der Waals surface area contributed by atoms with Crippen LogP contribution in [0, 0.1) is 12.3 Å². The number of nitrogens with one attached hydrogen (secondary N) is 2. The Bertz CT molecular complexity index is 745. The fraction of sp³-hybridized carbons (Fsp3) is 0.421. The van der Waals surface area contributed by atoms with E-state index < -0.39 is 0 Å². The van der Waals surface area contributed by atoms with Crippen molar-refractivity contribution in [1.82, 2.24) is 15.3 Å². The highest BCUT2D eigenvalue weighted by Gasteiger charge is 2.20. The number of rotatable bonds is 5. The molecule has 2 N–H and O–H groups in total. The molecule has 1 atom stereocenters. The molecule has 0 radical (unpaired) electrons. The summed E-state index contributed by atoms with van der Waals surface area (Å²) in [5.74, 6) is 0.572. The Kier molecular flexibility index (Phi) is 5.54. The summed E-state index contributed by atoms with van der Waals surface area (Å²) < 4.78 is 0. The van der Waals surface area contributed by atoms with Crippen LogP contribution in [0.3, 0.4) is 0 Å². The summed E-state index contributed by atoms with van der Waals surface area (Å²) in [5, 5.41) is 3.09. The van der Waals surface area contributed by atoms with Crippen LogP contribution in [-0.2, 0) is 11.2 Å². The normalized spacial score (nSPS) is 12.7. The summed E-state index contributed by atoms with van der Waals surface area (Å²) in [7, 11) is 0. The van der Waals surface area contributed by atoms with E-state index >= 15 is 0 Å². The fourth-order valence-electron chi connectivity index (χ4n) is 2.62. The highest BCUT2D eigenvalue weighted by molar-refractivity contribution is 5.77. The smallest absolute Gasteiger partial charge is 0.251 e. The molecule has 0 spiro atoms. The van der Waals surface area contributed by atoms with Gasteiger partial charge in [-0.15, -0.1) is 0 Å². The number of aromatic nitrogens is 2. The highest BCUT2D eigenvalue weighted by Crippen LogP contribution is 2.21. The molecule has 1 aromatic heterocycles. The van der Waals surface area contributed by atoms with E-state index in [1.165, 1.54) is 6.07 Å². The average Bonchev–Trinajstić information content (AvgIpc) is 2.44. The Labute approximate surface area is 142 Å². The van der Waals surface area contributed by atoms with Gasteiger partial charge in [-0.05, 0) is 17.9 Å². The number of benzene rings is 1. The van der Waals surface area contributed by atoms with Crippen molar-refractivity contribution in [1.29, 1.82) is 0 Å². The molecule has 0 bridgehead atoms. The SMILES string of the molecule is Cc1nc(C[C@@H](NC(=O)CC(C)(C)C)c2ccccc2)cc(=O)[nH]1. The number of hydrogen-bond donors (Lipinski definition) is 2. The highest BCUT2D eigenvalue weighted by atomic mass is 16.1. The van der Waals surface area contributed by atoms with Crippen LogP contribution in [0.2, 0.25) is 0 Å². The van der Waals surface area contributed by atoms with Crippen LogP contribution in [-0.4, -0.2) is 15.9 Å². The summed E-state index contributed by atoms with van der Waals surface area (Å²) in [6.07, 6.45) is 0.919. The van der Waals surface area contributed by atoms with E-state index in [9.17, 15) is 9.59 Å². The second kappa shape index (κ2) is 7.43. The van der Waals surface area contributed by atoms with Gasteiger partial charge in [0.15, 0.2) is 0 Å². The second-order valence-electron chi connectivity index (χ2n) is 7.29. The summed E-state index contributed by atoms with van der Waals surface area (Å²) >= 11 is 0. The molecule has 0 aliphatic heterocycles. The Hall–Kier alpha value is -2.43. The van der Waals surface area contributed by atoms with Crippen molar-refractivity contribution in [3.05, 3.63) is 63.8 Å². The maximum atomic E-state index is 12.4. The van der Waals surface area contributed by atoms with Gasteiger partial charge in [-0.25, -0.2) is 4.98 Å². The predicted octanol–water partition coefficient (Wildman–Crippen LogP) is 2.91. The minimum Gasteiger partial charge on any atom is -0.349 e. The van der Waals surface area contributed by atoms with Crippen LogP contribution < -0.4 is 10.9 Å². The molecule has 128 valence electrons. The first-order valence-corrected chi connectivity index (χ1v) is 8.14. The van der Waals surface area contributed by atoms with Gasteiger partial charge in [-0.1, -0.05) is 51.1 Å². The minimum atomic E-state index is -0.213. The lowest BCUT2D eigenvalue weighted by Crippen LogP contribution is -2.33. The molecular weight excluding hydrogens is 302 g/mol. The number of aryl methyl sites for hydroxylation is 1. The molecule has 1 aromatic carbocycles. The molecule has 0 saturated heterocycles. The third-order valence-electron chi connectivity index (χ3n) is 3.55. The largest absolute Gasteiger partial charge is 0.349 e. The van der Waals surface area contributed by atoms with E-state index in [1.54, 1.807) is 6.92 Å². The predicted molar refractivity (Wildman–Crippen MR) is 94.7 cm³/mol. The van der Waals surface area contributed by atoms with Crippen molar-refractivity contribution in [2.45, 2.75) is 46.6 Å². The Morgan fingerprint density at radius 2 is 1.92 bits per heavy atom. The number of H-pyrrole nitrogens is 1. The monoisotopic (exact) mass is 327 g/mol. The van der Waals surface area contributed by atoms with Gasteiger partial charge < -0.3 is 10.3 Å². The van der Waals surface area contributed by atoms with E-state index in [0.29, 0.717) is 24.4 Å². The van der Waals surface area contributed by atoms with Crippen LogP contribution in [0.5, 0.6) is 0 Å². The number of carbonyl (C=O) groups is 1. The zero-order chi connectivity index (χ0) is 17.7. The maximum absolute atomic E-state index is 12.4. The van der Waals surface area contributed by atoms with Gasteiger partial charge in [0.25, 0.3) is 5.56 Å². The van der Waals surface area contributed by atoms with Gasteiger partial charge >= 0.3 is 0 Å². The van der Waals surface area contributed by atoms with E-state index in [4.69, 9.17) is 0 Å². The maximum Gasteiger partial charge on any atom is 0.251 e. The summed E-state index contributed by atoms with van der Waals surface area (Å²) in [5.41, 5.74) is 1.41. The molecule has 0 unspecified atom stereocenters. The van der Waals surface area contributed by atoms with Crippen LogP contribution in [0.15, 0.2) is 41.2 Å². The molecule has 1 amide bonds. The Morgan fingerprint density at radius 3 is 2.50 bits per heavy atom. The zero-order valence-electron chi connectivity index (χ0n) is 14.7. The molecule has 0 fully saturated rings. The first-order chi connectivity index (χ1) is 11.2. The number of amides is 1. The van der Waals surface area contributed by atoms with Crippen LogP contribution in [0.4, 0.5) is 0 Å². The van der Waals surface area contributed by atoms with E-state index in [0.717, 1.165) is 5.56 Å². The van der Waals surface area contributed by atoms with Gasteiger partial charge in [-0.2, -0.15) is 0 Å². The molecule has 0 aliphatic carbocycles. The van der Waals surface area contributed by atoms with Gasteiger partial charge in [-0.3, -0.25) is 9.59 Å². The van der Waals surface area contributed by atoms with E-state index in [2.05, 4.69) is 15.3 Å². The van der Waals surface area contributed by atoms with Crippen molar-refractivity contribution in [2.24, 2.45) is 5.41 Å². The standard InChI is InChI=1S/C19H25N3O2/c1-13-20-15(11-17(23)21-13)10-16(14-8-6-5-7-9-14)22-18(24)12-19(2,3)4/h5-9,11,16H,10,12H2,1-4H3,(H,22,24)(H,20,21,23)/t16-/m1/s1. The minimum absolute atomic E-state index is 0.00193. The van der Waals surface area contributed by atoms with Crippen LogP contribution >= 0.6 is 0 Å². The molecule has 0 saturated carbocycles. The molecule has 2 aromatic rings. The topological polar surface area (TPSA) is 74.8 Å². The van der Waals surface area contributed by atoms with Crippen molar-refractivity contribution < 1.29 is 4.79 Å². The molecule has 1 heterocycles. The number of aromatic amines is 1. The third-order valence-corrected chi connectivity index (χ3v) is 3.55. The molecular formula is C19H25N3O2. The van der Waals surface area contributed by atoms with Gasteiger partial charge in [0.1, 0.15) is 5.82 Å². The number of hydrogen-bond acceptors (Lipinski definition) is 3. The Balaban J connectivity index is 2.23. The van der Waals surface area contributed by atoms with Crippen molar-refractivity contribution in [2.75, 3.05) is 0 Å². The molecule has 24 heavy (non-hydrogen) atoms. The van der Waals surface area contributed by atoms with Crippen molar-refractivity contribution >= 4 is 5.91 Å². The second-order valence-corrected chi connectivity index (χ2v) is 7.29. The summed E-state index contributed by atoms with van der Waals surface area (Å²) in [6.45, 7) is 7.85. The van der Waals surface area contributed by atoms with E-state index in [-0.39, 0.29) is 22.9 Å². The van der Waals surface area contributed by atoms with Gasteiger partial charge in [0.05, 0.1) is 11.7 Å². The average molecular weight is 327 g/mol. The molecule has 5 heteroatoms. The van der Waals surface area contributed by atoms with Gasteiger partial charge in [0.2, 0.25) is 5.91 Å². The third kappa shape index (κ3) is 5.65. The van der Waals surface area contributed by atoms with E-state index in [1.807, 2.05) is 51.1 Å². The Morgan fingerprint density at radius 1 is 1.25 bits per heavy atom. The quantitative estimate of drug-likeness (QED) is 0.886. The summed E-state index contributed by atoms with van der Waals surface area (Å²) in [4.78, 5) is 31.0. The van der Waals surface area contributed by atoms with Crippen LogP contribution in [0.25, 0.3) is 0 Å².